The molecular formula is C15H16N2O4. The van der Waals surface area contributed by atoms with E-state index in [9.17, 15) is 14.4 Å². The van der Waals surface area contributed by atoms with Crippen molar-refractivity contribution < 1.29 is 19.1 Å². The summed E-state index contributed by atoms with van der Waals surface area (Å²) in [4.78, 5) is 34.5. The van der Waals surface area contributed by atoms with Crippen molar-refractivity contribution in [1.82, 2.24) is 10.6 Å². The Morgan fingerprint density at radius 2 is 2.24 bits per heavy atom. The minimum absolute atomic E-state index is 0.156. The molecule has 6 nitrogen and oxygen atoms in total. The highest BCUT2D eigenvalue weighted by Gasteiger charge is 2.18. The Morgan fingerprint density at radius 3 is 3.00 bits per heavy atom. The molecule has 0 atom stereocenters. The number of carbonyl (C=O) groups is 3. The highest BCUT2D eigenvalue weighted by atomic mass is 16.5. The lowest BCUT2D eigenvalue weighted by Gasteiger charge is -2.16. The van der Waals surface area contributed by atoms with E-state index in [0.717, 1.165) is 12.0 Å². The second kappa shape index (κ2) is 6.69. The summed E-state index contributed by atoms with van der Waals surface area (Å²) in [6.45, 7) is 0.826. The van der Waals surface area contributed by atoms with Gasteiger partial charge in [0.1, 0.15) is 0 Å². The van der Waals surface area contributed by atoms with Crippen LogP contribution in [0.15, 0.2) is 30.4 Å². The number of esters is 1. The quantitative estimate of drug-likeness (QED) is 0.621. The summed E-state index contributed by atoms with van der Waals surface area (Å²) in [7, 11) is 1.28. The van der Waals surface area contributed by atoms with Crippen molar-refractivity contribution in [1.29, 1.82) is 0 Å². The fraction of sp³-hybridized carbons (Fsp3) is 0.267. The van der Waals surface area contributed by atoms with Crippen LogP contribution in [0.3, 0.4) is 0 Å². The molecule has 1 aromatic rings. The number of nitrogens with one attached hydrogen (secondary N) is 2. The third-order valence-corrected chi connectivity index (χ3v) is 3.13. The number of hydrogen-bond acceptors (Lipinski definition) is 4. The average Bonchev–Trinajstić information content (AvgIpc) is 2.51. The van der Waals surface area contributed by atoms with E-state index in [2.05, 4.69) is 15.4 Å². The normalized spacial score (nSPS) is 13.5. The van der Waals surface area contributed by atoms with Crippen molar-refractivity contribution >= 4 is 17.8 Å². The molecule has 0 spiro atoms. The Balaban J connectivity index is 2.00. The maximum absolute atomic E-state index is 12.0. The third-order valence-electron chi connectivity index (χ3n) is 3.13. The molecule has 0 aromatic heterocycles. The fourth-order valence-electron chi connectivity index (χ4n) is 2.03. The molecule has 2 amide bonds. The van der Waals surface area contributed by atoms with Crippen molar-refractivity contribution in [2.45, 2.75) is 6.42 Å². The molecule has 2 N–H and O–H groups in total. The second-order valence-electron chi connectivity index (χ2n) is 4.51. The molecule has 1 aliphatic rings. The van der Waals surface area contributed by atoms with Crippen LogP contribution in [0.4, 0.5) is 0 Å². The highest BCUT2D eigenvalue weighted by molar-refractivity contribution is 6.01. The molecule has 2 rings (SSSR count). The molecule has 1 aromatic carbocycles. The van der Waals surface area contributed by atoms with Gasteiger partial charge in [0, 0.05) is 30.3 Å². The SMILES string of the molecule is COC(=O)/C=C/CNC(=O)c1ccc2c(c1)C(=O)NCC2. The highest BCUT2D eigenvalue weighted by Crippen LogP contribution is 2.15. The number of methoxy groups -OCH3 is 1. The molecule has 0 bridgehead atoms. The zero-order valence-corrected chi connectivity index (χ0v) is 11.6. The Morgan fingerprint density at radius 1 is 1.43 bits per heavy atom. The van der Waals surface area contributed by atoms with Crippen molar-refractivity contribution in [3.63, 3.8) is 0 Å². The standard InChI is InChI=1S/C15H16N2O4/c1-21-13(18)3-2-7-16-14(19)11-5-4-10-6-8-17-15(20)12(10)9-11/h2-5,9H,6-8H2,1H3,(H,16,19)(H,17,20)/b3-2+. The van der Waals surface area contributed by atoms with Crippen LogP contribution in [0.2, 0.25) is 0 Å². The van der Waals surface area contributed by atoms with Crippen LogP contribution in [-0.4, -0.2) is 38.0 Å². The Hall–Kier alpha value is -2.63. The number of ether oxygens (including phenoxy) is 1. The molecule has 0 saturated heterocycles. The van der Waals surface area contributed by atoms with E-state index in [1.807, 2.05) is 0 Å². The van der Waals surface area contributed by atoms with Crippen molar-refractivity contribution in [2.75, 3.05) is 20.2 Å². The molecule has 0 unspecified atom stereocenters. The Labute approximate surface area is 122 Å². The van der Waals surface area contributed by atoms with Gasteiger partial charge in [0.15, 0.2) is 0 Å². The molecule has 0 radical (unpaired) electrons. The molecule has 6 heteroatoms. The van der Waals surface area contributed by atoms with Crippen LogP contribution >= 0.6 is 0 Å². The fourth-order valence-corrected chi connectivity index (χ4v) is 2.03. The summed E-state index contributed by atoms with van der Waals surface area (Å²) >= 11 is 0. The number of carbonyl (C=O) groups excluding carboxylic acids is 3. The number of rotatable bonds is 4. The lowest BCUT2D eigenvalue weighted by molar-refractivity contribution is -0.134. The van der Waals surface area contributed by atoms with E-state index in [-0.39, 0.29) is 18.4 Å². The number of hydrogen-bond donors (Lipinski definition) is 2. The first-order chi connectivity index (χ1) is 10.1. The second-order valence-corrected chi connectivity index (χ2v) is 4.51. The van der Waals surface area contributed by atoms with E-state index >= 15 is 0 Å². The van der Waals surface area contributed by atoms with Crippen molar-refractivity contribution in [3.8, 4) is 0 Å². The van der Waals surface area contributed by atoms with Gasteiger partial charge in [-0.05, 0) is 24.1 Å². The van der Waals surface area contributed by atoms with Crippen molar-refractivity contribution in [3.05, 3.63) is 47.0 Å². The van der Waals surface area contributed by atoms with Gasteiger partial charge >= 0.3 is 5.97 Å². The van der Waals surface area contributed by atoms with E-state index in [1.54, 1.807) is 18.2 Å². The van der Waals surface area contributed by atoms with Gasteiger partial charge in [-0.15, -0.1) is 0 Å². The summed E-state index contributed by atoms with van der Waals surface area (Å²) in [5.41, 5.74) is 1.90. The van der Waals surface area contributed by atoms with E-state index in [0.29, 0.717) is 17.7 Å². The third kappa shape index (κ3) is 3.68. The van der Waals surface area contributed by atoms with Gasteiger partial charge in [0.25, 0.3) is 11.8 Å². The van der Waals surface area contributed by atoms with Crippen molar-refractivity contribution in [2.24, 2.45) is 0 Å². The van der Waals surface area contributed by atoms with Crippen LogP contribution < -0.4 is 10.6 Å². The Bertz CT molecular complexity index is 608. The molecule has 0 saturated carbocycles. The van der Waals surface area contributed by atoms with E-state index in [1.165, 1.54) is 19.3 Å². The Kier molecular flexibility index (Phi) is 4.71. The van der Waals surface area contributed by atoms with E-state index in [4.69, 9.17) is 0 Å². The first kappa shape index (κ1) is 14.8. The summed E-state index contributed by atoms with van der Waals surface area (Å²) in [6, 6.07) is 5.08. The predicted octanol–water partition coefficient (Wildman–Crippen LogP) is 0.431. The lowest BCUT2D eigenvalue weighted by Crippen LogP contribution is -2.32. The molecule has 0 aliphatic carbocycles. The van der Waals surface area contributed by atoms with Gasteiger partial charge in [-0.25, -0.2) is 4.79 Å². The number of amides is 2. The van der Waals surface area contributed by atoms with Crippen LogP contribution in [0.25, 0.3) is 0 Å². The maximum Gasteiger partial charge on any atom is 0.330 e. The van der Waals surface area contributed by atoms with Gasteiger partial charge in [0.05, 0.1) is 7.11 Å². The zero-order valence-electron chi connectivity index (χ0n) is 11.6. The van der Waals surface area contributed by atoms with Crippen LogP contribution in [0, 0.1) is 0 Å². The minimum atomic E-state index is -0.477. The summed E-state index contributed by atoms with van der Waals surface area (Å²) in [6.07, 6.45) is 3.50. The molecule has 1 heterocycles. The summed E-state index contributed by atoms with van der Waals surface area (Å²) < 4.78 is 4.43. The zero-order chi connectivity index (χ0) is 15.2. The molecule has 21 heavy (non-hydrogen) atoms. The largest absolute Gasteiger partial charge is 0.466 e. The van der Waals surface area contributed by atoms with Crippen LogP contribution in [0.5, 0.6) is 0 Å². The molecule has 0 fully saturated rings. The average molecular weight is 288 g/mol. The summed E-state index contributed by atoms with van der Waals surface area (Å²) in [5.74, 6) is -0.933. The summed E-state index contributed by atoms with van der Waals surface area (Å²) in [5, 5.41) is 5.38. The topological polar surface area (TPSA) is 84.5 Å². The monoisotopic (exact) mass is 288 g/mol. The first-order valence-corrected chi connectivity index (χ1v) is 6.55. The predicted molar refractivity (Wildman–Crippen MR) is 76.0 cm³/mol. The van der Waals surface area contributed by atoms with Gasteiger partial charge in [0.2, 0.25) is 0 Å². The smallest absolute Gasteiger partial charge is 0.330 e. The number of fused-ring (bicyclic) bond motifs is 1. The molecular weight excluding hydrogens is 272 g/mol. The number of benzene rings is 1. The van der Waals surface area contributed by atoms with Gasteiger partial charge in [-0.1, -0.05) is 12.1 Å². The van der Waals surface area contributed by atoms with Crippen LogP contribution in [0.1, 0.15) is 26.3 Å². The van der Waals surface area contributed by atoms with Gasteiger partial charge < -0.3 is 15.4 Å². The van der Waals surface area contributed by atoms with Crippen LogP contribution in [-0.2, 0) is 16.0 Å². The lowest BCUT2D eigenvalue weighted by atomic mass is 9.98. The minimum Gasteiger partial charge on any atom is -0.466 e. The first-order valence-electron chi connectivity index (χ1n) is 6.55. The van der Waals surface area contributed by atoms with E-state index < -0.39 is 5.97 Å². The van der Waals surface area contributed by atoms with Gasteiger partial charge in [-0.3, -0.25) is 9.59 Å². The maximum atomic E-state index is 12.0. The molecule has 110 valence electrons. The van der Waals surface area contributed by atoms with Gasteiger partial charge in [-0.2, -0.15) is 0 Å². The molecule has 1 aliphatic heterocycles.